The topological polar surface area (TPSA) is 61.3 Å². The van der Waals surface area contributed by atoms with Crippen LogP contribution >= 0.6 is 0 Å². The molecule has 0 aliphatic carbocycles. The second kappa shape index (κ2) is 6.11. The van der Waals surface area contributed by atoms with Crippen LogP contribution in [0.4, 0.5) is 0 Å². The lowest BCUT2D eigenvalue weighted by Gasteiger charge is -2.42. The van der Waals surface area contributed by atoms with Gasteiger partial charge in [-0.15, -0.1) is 0 Å². The molecule has 0 amide bonds. The largest absolute Gasteiger partial charge is 0.378 e. The summed E-state index contributed by atoms with van der Waals surface area (Å²) in [5, 5.41) is 0. The van der Waals surface area contributed by atoms with E-state index in [0.717, 1.165) is 45.1 Å². The number of hydrogen-bond donors (Lipinski definition) is 2. The summed E-state index contributed by atoms with van der Waals surface area (Å²) in [5.74, 6) is 0. The molecule has 0 saturated carbocycles. The molecule has 19 heavy (non-hydrogen) atoms. The average molecular weight is 270 g/mol. The average Bonchev–Trinajstić information content (AvgIpc) is 2.11. The first-order valence-corrected chi connectivity index (χ1v) is 7.75. The lowest BCUT2D eigenvalue weighted by atomic mass is 9.73. The Hall–Kier alpha value is -0.120. The fourth-order valence-corrected chi connectivity index (χ4v) is 3.82. The van der Waals surface area contributed by atoms with E-state index in [1.54, 1.807) is 0 Å². The van der Waals surface area contributed by atoms with Gasteiger partial charge in [0.25, 0.3) is 0 Å². The standard InChI is InChI=1S/C16H34N2O/c1-6-7-16(18)8-9-19-13(11-16)10-14(2,3)12-15(4,5)17/h13H,6-12,17-18H2,1-5H3. The lowest BCUT2D eigenvalue weighted by molar-refractivity contribution is -0.0439. The van der Waals surface area contributed by atoms with E-state index in [4.69, 9.17) is 16.2 Å². The lowest BCUT2D eigenvalue weighted by Crippen LogP contribution is -2.49. The second-order valence-electron chi connectivity index (χ2n) is 8.09. The SMILES string of the molecule is CCCC1(N)CCOC(CC(C)(C)CC(C)(C)N)C1. The van der Waals surface area contributed by atoms with Gasteiger partial charge < -0.3 is 16.2 Å². The van der Waals surface area contributed by atoms with E-state index in [1.165, 1.54) is 0 Å². The smallest absolute Gasteiger partial charge is 0.0597 e. The Balaban J connectivity index is 2.56. The van der Waals surface area contributed by atoms with E-state index in [0.29, 0.717) is 6.10 Å². The Morgan fingerprint density at radius 2 is 1.89 bits per heavy atom. The van der Waals surface area contributed by atoms with Crippen molar-refractivity contribution in [1.82, 2.24) is 0 Å². The molecule has 1 aliphatic rings. The van der Waals surface area contributed by atoms with Crippen LogP contribution in [0, 0.1) is 5.41 Å². The number of rotatable bonds is 6. The first-order chi connectivity index (χ1) is 8.55. The van der Waals surface area contributed by atoms with Gasteiger partial charge in [-0.25, -0.2) is 0 Å². The van der Waals surface area contributed by atoms with Crippen LogP contribution in [0.3, 0.4) is 0 Å². The zero-order chi connectivity index (χ0) is 14.7. The Labute approximate surface area is 119 Å². The van der Waals surface area contributed by atoms with Crippen molar-refractivity contribution in [1.29, 1.82) is 0 Å². The van der Waals surface area contributed by atoms with Crippen molar-refractivity contribution in [3.8, 4) is 0 Å². The molecule has 3 nitrogen and oxygen atoms in total. The van der Waals surface area contributed by atoms with Crippen LogP contribution in [0.5, 0.6) is 0 Å². The number of nitrogens with two attached hydrogens (primary N) is 2. The molecule has 2 atom stereocenters. The molecule has 1 saturated heterocycles. The summed E-state index contributed by atoms with van der Waals surface area (Å²) in [6.45, 7) is 11.8. The molecule has 114 valence electrons. The van der Waals surface area contributed by atoms with E-state index in [-0.39, 0.29) is 16.5 Å². The molecule has 4 N–H and O–H groups in total. The predicted octanol–water partition coefficient (Wildman–Crippen LogP) is 3.21. The van der Waals surface area contributed by atoms with Crippen LogP contribution in [-0.2, 0) is 4.74 Å². The summed E-state index contributed by atoms with van der Waals surface area (Å²) < 4.78 is 5.95. The molecule has 3 heteroatoms. The van der Waals surface area contributed by atoms with Crippen LogP contribution < -0.4 is 11.5 Å². The van der Waals surface area contributed by atoms with Gasteiger partial charge in [-0.1, -0.05) is 27.2 Å². The van der Waals surface area contributed by atoms with Crippen LogP contribution in [-0.4, -0.2) is 23.8 Å². The van der Waals surface area contributed by atoms with E-state index in [2.05, 4.69) is 34.6 Å². The number of hydrogen-bond acceptors (Lipinski definition) is 3. The highest BCUT2D eigenvalue weighted by Crippen LogP contribution is 2.37. The van der Waals surface area contributed by atoms with Gasteiger partial charge >= 0.3 is 0 Å². The molecule has 0 aromatic carbocycles. The summed E-state index contributed by atoms with van der Waals surface area (Å²) in [6.07, 6.45) is 6.61. The van der Waals surface area contributed by atoms with Gasteiger partial charge in [-0.05, 0) is 51.4 Å². The van der Waals surface area contributed by atoms with Gasteiger partial charge in [0, 0.05) is 17.7 Å². The van der Waals surface area contributed by atoms with Crippen molar-refractivity contribution in [2.24, 2.45) is 16.9 Å². The molecule has 1 aliphatic heterocycles. The third kappa shape index (κ3) is 6.24. The summed E-state index contributed by atoms with van der Waals surface area (Å²) >= 11 is 0. The molecule has 1 rings (SSSR count). The van der Waals surface area contributed by atoms with Crippen molar-refractivity contribution in [2.45, 2.75) is 90.3 Å². The predicted molar refractivity (Wildman–Crippen MR) is 82.1 cm³/mol. The minimum absolute atomic E-state index is 0.00796. The monoisotopic (exact) mass is 270 g/mol. The van der Waals surface area contributed by atoms with E-state index in [9.17, 15) is 0 Å². The maximum Gasteiger partial charge on any atom is 0.0597 e. The van der Waals surface area contributed by atoms with Gasteiger partial charge in [0.15, 0.2) is 0 Å². The van der Waals surface area contributed by atoms with Crippen LogP contribution in [0.1, 0.15) is 73.1 Å². The Morgan fingerprint density at radius 1 is 1.26 bits per heavy atom. The van der Waals surface area contributed by atoms with Crippen molar-refractivity contribution < 1.29 is 4.74 Å². The van der Waals surface area contributed by atoms with Gasteiger partial charge in [-0.3, -0.25) is 0 Å². The normalized spacial score (nSPS) is 29.5. The summed E-state index contributed by atoms with van der Waals surface area (Å²) in [5.41, 5.74) is 12.7. The Bertz CT molecular complexity index is 279. The quantitative estimate of drug-likeness (QED) is 0.779. The maximum absolute atomic E-state index is 6.50. The fourth-order valence-electron chi connectivity index (χ4n) is 3.82. The molecular formula is C16H34N2O. The van der Waals surface area contributed by atoms with Gasteiger partial charge in [0.2, 0.25) is 0 Å². The molecule has 0 bridgehead atoms. The van der Waals surface area contributed by atoms with Crippen molar-refractivity contribution in [2.75, 3.05) is 6.61 Å². The fraction of sp³-hybridized carbons (Fsp3) is 1.00. The molecule has 1 heterocycles. The van der Waals surface area contributed by atoms with Gasteiger partial charge in [0.05, 0.1) is 6.10 Å². The first-order valence-electron chi connectivity index (χ1n) is 7.75. The van der Waals surface area contributed by atoms with Crippen LogP contribution in [0.25, 0.3) is 0 Å². The van der Waals surface area contributed by atoms with Crippen molar-refractivity contribution >= 4 is 0 Å². The summed E-state index contributed by atoms with van der Waals surface area (Å²) in [6, 6.07) is 0. The highest BCUT2D eigenvalue weighted by Gasteiger charge is 2.36. The van der Waals surface area contributed by atoms with Crippen molar-refractivity contribution in [3.05, 3.63) is 0 Å². The zero-order valence-electron chi connectivity index (χ0n) is 13.6. The van der Waals surface area contributed by atoms with E-state index in [1.807, 2.05) is 0 Å². The third-order valence-electron chi connectivity index (χ3n) is 4.05. The summed E-state index contributed by atoms with van der Waals surface area (Å²) in [7, 11) is 0. The summed E-state index contributed by atoms with van der Waals surface area (Å²) in [4.78, 5) is 0. The zero-order valence-corrected chi connectivity index (χ0v) is 13.6. The molecule has 0 aromatic heterocycles. The highest BCUT2D eigenvalue weighted by atomic mass is 16.5. The van der Waals surface area contributed by atoms with Crippen molar-refractivity contribution in [3.63, 3.8) is 0 Å². The van der Waals surface area contributed by atoms with Gasteiger partial charge in [0.1, 0.15) is 0 Å². The minimum atomic E-state index is -0.124. The van der Waals surface area contributed by atoms with E-state index >= 15 is 0 Å². The Morgan fingerprint density at radius 3 is 2.42 bits per heavy atom. The molecule has 2 unspecified atom stereocenters. The van der Waals surface area contributed by atoms with E-state index < -0.39 is 0 Å². The number of ether oxygens (including phenoxy) is 1. The van der Waals surface area contributed by atoms with Crippen LogP contribution in [0.15, 0.2) is 0 Å². The van der Waals surface area contributed by atoms with Gasteiger partial charge in [-0.2, -0.15) is 0 Å². The highest BCUT2D eigenvalue weighted by molar-refractivity contribution is 4.92. The molecule has 0 aromatic rings. The Kier molecular flexibility index (Phi) is 5.44. The molecular weight excluding hydrogens is 236 g/mol. The first kappa shape index (κ1) is 16.9. The maximum atomic E-state index is 6.50. The molecule has 0 spiro atoms. The third-order valence-corrected chi connectivity index (χ3v) is 4.05. The molecule has 1 fully saturated rings. The van der Waals surface area contributed by atoms with Crippen LogP contribution in [0.2, 0.25) is 0 Å². The molecule has 0 radical (unpaired) electrons. The minimum Gasteiger partial charge on any atom is -0.378 e. The second-order valence-corrected chi connectivity index (χ2v) is 8.09.